The summed E-state index contributed by atoms with van der Waals surface area (Å²) in [5.41, 5.74) is 5.91. The number of ether oxygens (including phenoxy) is 1. The van der Waals surface area contributed by atoms with E-state index in [0.29, 0.717) is 18.3 Å². The molecule has 9 heteroatoms. The van der Waals surface area contributed by atoms with E-state index in [2.05, 4.69) is 15.6 Å². The van der Waals surface area contributed by atoms with Gasteiger partial charge in [-0.3, -0.25) is 4.79 Å². The molecule has 7 nitrogen and oxygen atoms in total. The molecule has 0 fully saturated rings. The van der Waals surface area contributed by atoms with Crippen molar-refractivity contribution in [3.05, 3.63) is 53.2 Å². The SMILES string of the molecule is CCNC(=NCc1ccc(C(N)=O)o1)NC(C)c1ccc(OC)c(F)c1.I. The number of furan rings is 1. The van der Waals surface area contributed by atoms with Crippen LogP contribution in [0.5, 0.6) is 5.75 Å². The highest BCUT2D eigenvalue weighted by molar-refractivity contribution is 14.0. The summed E-state index contributed by atoms with van der Waals surface area (Å²) >= 11 is 0. The number of nitrogens with one attached hydrogen (secondary N) is 2. The lowest BCUT2D eigenvalue weighted by molar-refractivity contribution is 0.0972. The van der Waals surface area contributed by atoms with Gasteiger partial charge in [0.05, 0.1) is 13.2 Å². The van der Waals surface area contributed by atoms with Gasteiger partial charge in [0.15, 0.2) is 23.3 Å². The summed E-state index contributed by atoms with van der Waals surface area (Å²) < 4.78 is 24.1. The molecule has 0 spiro atoms. The molecule has 1 atom stereocenters. The smallest absolute Gasteiger partial charge is 0.284 e. The minimum absolute atomic E-state index is 0. The molecular weight excluding hydrogens is 466 g/mol. The molecule has 2 aromatic rings. The van der Waals surface area contributed by atoms with Crippen LogP contribution < -0.4 is 21.1 Å². The third-order valence-corrected chi connectivity index (χ3v) is 3.67. The average molecular weight is 490 g/mol. The van der Waals surface area contributed by atoms with Crippen LogP contribution in [0.4, 0.5) is 4.39 Å². The molecule has 27 heavy (non-hydrogen) atoms. The monoisotopic (exact) mass is 490 g/mol. The van der Waals surface area contributed by atoms with Crippen molar-refractivity contribution in [2.45, 2.75) is 26.4 Å². The molecule has 0 radical (unpaired) electrons. The Kier molecular flexibility index (Phi) is 9.06. The first-order valence-electron chi connectivity index (χ1n) is 8.21. The van der Waals surface area contributed by atoms with Crippen molar-refractivity contribution < 1.29 is 18.3 Å². The predicted molar refractivity (Wildman–Crippen MR) is 112 cm³/mol. The number of hydrogen-bond acceptors (Lipinski definition) is 4. The van der Waals surface area contributed by atoms with E-state index in [1.807, 2.05) is 13.8 Å². The lowest BCUT2D eigenvalue weighted by Crippen LogP contribution is -2.38. The first-order chi connectivity index (χ1) is 12.4. The number of carbonyl (C=O) groups excluding carboxylic acids is 1. The van der Waals surface area contributed by atoms with E-state index < -0.39 is 11.7 Å². The average Bonchev–Trinajstić information content (AvgIpc) is 3.09. The number of nitrogens with two attached hydrogens (primary N) is 1. The maximum Gasteiger partial charge on any atom is 0.284 e. The number of carbonyl (C=O) groups is 1. The summed E-state index contributed by atoms with van der Waals surface area (Å²) in [6.07, 6.45) is 0. The third kappa shape index (κ3) is 6.42. The molecule has 4 N–H and O–H groups in total. The minimum Gasteiger partial charge on any atom is -0.494 e. The Morgan fingerprint density at radius 2 is 2.11 bits per heavy atom. The van der Waals surface area contributed by atoms with E-state index >= 15 is 0 Å². The normalized spacial score (nSPS) is 12.1. The second kappa shape index (κ2) is 10.8. The van der Waals surface area contributed by atoms with Gasteiger partial charge in [0.1, 0.15) is 12.3 Å². The van der Waals surface area contributed by atoms with Crippen LogP contribution in [-0.2, 0) is 6.54 Å². The standard InChI is InChI=1S/C18H23FN4O3.HI/c1-4-21-18(22-10-13-6-8-16(26-13)17(20)24)23-11(2)12-5-7-15(25-3)14(19)9-12;/h5-9,11H,4,10H2,1-3H3,(H2,20,24)(H2,21,22,23);1H. The molecule has 1 amide bonds. The van der Waals surface area contributed by atoms with Crippen LogP contribution in [0.3, 0.4) is 0 Å². The number of halogens is 2. The number of hydrogen-bond donors (Lipinski definition) is 3. The molecule has 148 valence electrons. The van der Waals surface area contributed by atoms with E-state index in [9.17, 15) is 9.18 Å². The molecule has 1 aromatic carbocycles. The molecule has 1 aromatic heterocycles. The van der Waals surface area contributed by atoms with Gasteiger partial charge in [-0.25, -0.2) is 9.38 Å². The molecule has 0 saturated carbocycles. The van der Waals surface area contributed by atoms with Gasteiger partial charge in [0.2, 0.25) is 0 Å². The van der Waals surface area contributed by atoms with Crippen LogP contribution in [0.2, 0.25) is 0 Å². The Labute approximate surface area is 174 Å². The number of methoxy groups -OCH3 is 1. The maximum atomic E-state index is 13.9. The molecule has 0 aliphatic rings. The summed E-state index contributed by atoms with van der Waals surface area (Å²) in [7, 11) is 1.42. The van der Waals surface area contributed by atoms with Crippen LogP contribution in [0, 0.1) is 5.82 Å². The van der Waals surface area contributed by atoms with Crippen molar-refractivity contribution in [2.75, 3.05) is 13.7 Å². The second-order valence-electron chi connectivity index (χ2n) is 5.59. The lowest BCUT2D eigenvalue weighted by Gasteiger charge is -2.18. The van der Waals surface area contributed by atoms with Crippen LogP contribution in [0.15, 0.2) is 39.7 Å². The Morgan fingerprint density at radius 3 is 2.67 bits per heavy atom. The molecular formula is C18H24FIN4O3. The van der Waals surface area contributed by atoms with Crippen LogP contribution in [0.25, 0.3) is 0 Å². The zero-order valence-corrected chi connectivity index (χ0v) is 17.7. The maximum absolute atomic E-state index is 13.9. The van der Waals surface area contributed by atoms with Gasteiger partial charge in [-0.2, -0.15) is 0 Å². The number of aliphatic imine (C=N–C) groups is 1. The number of amides is 1. The fourth-order valence-electron chi connectivity index (χ4n) is 2.31. The number of rotatable bonds is 7. The van der Waals surface area contributed by atoms with Crippen LogP contribution in [0.1, 0.15) is 41.8 Å². The fourth-order valence-corrected chi connectivity index (χ4v) is 2.31. The minimum atomic E-state index is -0.625. The number of benzene rings is 1. The van der Waals surface area contributed by atoms with E-state index in [1.54, 1.807) is 18.2 Å². The summed E-state index contributed by atoms with van der Waals surface area (Å²) in [5, 5.41) is 6.30. The van der Waals surface area contributed by atoms with Gasteiger partial charge < -0.3 is 25.5 Å². The van der Waals surface area contributed by atoms with Crippen molar-refractivity contribution in [1.82, 2.24) is 10.6 Å². The molecule has 2 rings (SSSR count). The summed E-state index contributed by atoms with van der Waals surface area (Å²) in [6, 6.07) is 7.76. The van der Waals surface area contributed by atoms with E-state index in [-0.39, 0.29) is 48.1 Å². The number of primary amides is 1. The molecule has 0 bridgehead atoms. The highest BCUT2D eigenvalue weighted by Gasteiger charge is 2.12. The highest BCUT2D eigenvalue weighted by atomic mass is 127. The summed E-state index contributed by atoms with van der Waals surface area (Å²) in [5.74, 6) is 0.294. The molecule has 1 unspecified atom stereocenters. The van der Waals surface area contributed by atoms with Crippen LogP contribution in [-0.4, -0.2) is 25.5 Å². The number of nitrogens with zero attached hydrogens (tertiary/aromatic N) is 1. The zero-order valence-electron chi connectivity index (χ0n) is 15.4. The molecule has 0 aliphatic heterocycles. The van der Waals surface area contributed by atoms with Gasteiger partial charge in [0.25, 0.3) is 5.91 Å². The topological polar surface area (TPSA) is 102 Å². The van der Waals surface area contributed by atoms with Gasteiger partial charge in [-0.15, -0.1) is 24.0 Å². The van der Waals surface area contributed by atoms with Gasteiger partial charge in [-0.05, 0) is 43.7 Å². The van der Waals surface area contributed by atoms with E-state index in [4.69, 9.17) is 14.9 Å². The molecule has 0 saturated heterocycles. The predicted octanol–water partition coefficient (Wildman–Crippen LogP) is 2.96. The van der Waals surface area contributed by atoms with Crippen LogP contribution >= 0.6 is 24.0 Å². The van der Waals surface area contributed by atoms with Gasteiger partial charge in [-0.1, -0.05) is 6.07 Å². The summed E-state index contributed by atoms with van der Waals surface area (Å²) in [4.78, 5) is 15.5. The van der Waals surface area contributed by atoms with Crippen molar-refractivity contribution in [3.63, 3.8) is 0 Å². The first kappa shape index (κ1) is 22.7. The van der Waals surface area contributed by atoms with Crippen molar-refractivity contribution in [3.8, 4) is 5.75 Å². The van der Waals surface area contributed by atoms with Gasteiger partial charge >= 0.3 is 0 Å². The highest BCUT2D eigenvalue weighted by Crippen LogP contribution is 2.21. The van der Waals surface area contributed by atoms with E-state index in [0.717, 1.165) is 5.56 Å². The zero-order chi connectivity index (χ0) is 19.1. The Bertz CT molecular complexity index is 795. The fraction of sp³-hybridized carbons (Fsp3) is 0.333. The Morgan fingerprint density at radius 1 is 1.37 bits per heavy atom. The molecule has 0 aliphatic carbocycles. The third-order valence-electron chi connectivity index (χ3n) is 3.67. The van der Waals surface area contributed by atoms with Gasteiger partial charge in [0, 0.05) is 6.54 Å². The second-order valence-corrected chi connectivity index (χ2v) is 5.59. The summed E-state index contributed by atoms with van der Waals surface area (Å²) in [6.45, 7) is 4.71. The van der Waals surface area contributed by atoms with E-state index in [1.165, 1.54) is 19.2 Å². The number of guanidine groups is 1. The molecule has 1 heterocycles. The largest absolute Gasteiger partial charge is 0.494 e. The lowest BCUT2D eigenvalue weighted by atomic mass is 10.1. The Balaban J connectivity index is 0.00000364. The first-order valence-corrected chi connectivity index (χ1v) is 8.21. The quantitative estimate of drug-likeness (QED) is 0.315. The Hall–Kier alpha value is -2.30. The van der Waals surface area contributed by atoms with Crippen molar-refractivity contribution in [2.24, 2.45) is 10.7 Å². The van der Waals surface area contributed by atoms with Crippen molar-refractivity contribution in [1.29, 1.82) is 0 Å². The van der Waals surface area contributed by atoms with Crippen molar-refractivity contribution >= 4 is 35.8 Å².